The Hall–Kier alpha value is -3.49. The predicted octanol–water partition coefficient (Wildman–Crippen LogP) is 3.92. The van der Waals surface area contributed by atoms with Crippen LogP contribution >= 0.6 is 0 Å². The van der Waals surface area contributed by atoms with Crippen molar-refractivity contribution >= 4 is 18.0 Å². The zero-order valence-corrected chi connectivity index (χ0v) is 18.3. The lowest BCUT2D eigenvalue weighted by atomic mass is 9.97. The molecular formula is C24H26F2N2O5. The first-order valence-corrected chi connectivity index (χ1v) is 10.6. The first kappa shape index (κ1) is 24.2. The second-order valence-electron chi connectivity index (χ2n) is 8.15. The van der Waals surface area contributed by atoms with Crippen molar-refractivity contribution in [1.82, 2.24) is 10.6 Å². The lowest BCUT2D eigenvalue weighted by molar-refractivity contribution is -0.139. The number of hydrogen-bond acceptors (Lipinski definition) is 4. The molecule has 0 spiro atoms. The number of aliphatic carboxylic acids is 1. The van der Waals surface area contributed by atoms with Gasteiger partial charge in [-0.25, -0.2) is 13.6 Å². The molecule has 33 heavy (non-hydrogen) atoms. The van der Waals surface area contributed by atoms with Crippen LogP contribution in [0.3, 0.4) is 0 Å². The minimum Gasteiger partial charge on any atom is -0.481 e. The average Bonchev–Trinajstić information content (AvgIpc) is 3.10. The van der Waals surface area contributed by atoms with Crippen LogP contribution in [0.5, 0.6) is 0 Å². The number of rotatable bonds is 9. The van der Waals surface area contributed by atoms with Gasteiger partial charge in [-0.3, -0.25) is 9.59 Å². The highest BCUT2D eigenvalue weighted by molar-refractivity contribution is 5.90. The van der Waals surface area contributed by atoms with Crippen LogP contribution in [-0.4, -0.2) is 47.7 Å². The lowest BCUT2D eigenvalue weighted by Gasteiger charge is -2.30. The molecule has 0 bridgehead atoms. The van der Waals surface area contributed by atoms with E-state index in [1.807, 2.05) is 53.8 Å². The Morgan fingerprint density at radius 3 is 2.09 bits per heavy atom. The van der Waals surface area contributed by atoms with Gasteiger partial charge < -0.3 is 20.5 Å². The molecule has 176 valence electrons. The van der Waals surface area contributed by atoms with E-state index in [1.54, 1.807) is 6.92 Å². The molecule has 3 rings (SSSR count). The van der Waals surface area contributed by atoms with Crippen LogP contribution in [-0.2, 0) is 14.3 Å². The van der Waals surface area contributed by atoms with Gasteiger partial charge in [0, 0.05) is 5.92 Å². The summed E-state index contributed by atoms with van der Waals surface area (Å²) in [6.45, 7) is 2.99. The third-order valence-electron chi connectivity index (χ3n) is 5.95. The molecular weight excluding hydrogens is 434 g/mol. The van der Waals surface area contributed by atoms with Crippen molar-refractivity contribution in [3.05, 3.63) is 59.7 Å². The highest BCUT2D eigenvalue weighted by atomic mass is 19.3. The number of alkyl carbamates (subject to hydrolysis) is 1. The number of benzene rings is 2. The number of carboxylic acids is 1. The van der Waals surface area contributed by atoms with Crippen LogP contribution in [0, 0.1) is 0 Å². The van der Waals surface area contributed by atoms with Gasteiger partial charge in [0.05, 0.1) is 6.42 Å². The maximum Gasteiger partial charge on any atom is 0.408 e. The second kappa shape index (κ2) is 9.97. The topological polar surface area (TPSA) is 105 Å². The molecule has 2 aromatic rings. The Balaban J connectivity index is 1.67. The summed E-state index contributed by atoms with van der Waals surface area (Å²) in [5.41, 5.74) is 2.62. The normalized spacial score (nSPS) is 15.2. The fraction of sp³-hybridized carbons (Fsp3) is 0.375. The van der Waals surface area contributed by atoms with Crippen LogP contribution < -0.4 is 10.6 Å². The van der Waals surface area contributed by atoms with E-state index in [9.17, 15) is 23.2 Å². The number of carbonyl (C=O) groups excluding carboxylic acids is 2. The van der Waals surface area contributed by atoms with E-state index in [0.29, 0.717) is 0 Å². The third kappa shape index (κ3) is 5.30. The average molecular weight is 460 g/mol. The molecule has 0 radical (unpaired) electrons. The molecule has 1 aliphatic rings. The van der Waals surface area contributed by atoms with Crippen molar-refractivity contribution in [3.8, 4) is 11.1 Å². The first-order valence-electron chi connectivity index (χ1n) is 10.6. The summed E-state index contributed by atoms with van der Waals surface area (Å²) in [7, 11) is 0. The Morgan fingerprint density at radius 1 is 1.06 bits per heavy atom. The fourth-order valence-corrected chi connectivity index (χ4v) is 3.88. The van der Waals surface area contributed by atoms with Crippen molar-refractivity contribution in [2.75, 3.05) is 6.61 Å². The Morgan fingerprint density at radius 2 is 1.61 bits per heavy atom. The lowest BCUT2D eigenvalue weighted by Crippen LogP contribution is -2.59. The van der Waals surface area contributed by atoms with Gasteiger partial charge in [0.25, 0.3) is 6.43 Å². The Kier molecular flexibility index (Phi) is 7.30. The van der Waals surface area contributed by atoms with Crippen molar-refractivity contribution in [3.63, 3.8) is 0 Å². The van der Waals surface area contributed by atoms with E-state index in [1.165, 1.54) is 6.92 Å². The number of ether oxygens (including phenoxy) is 1. The predicted molar refractivity (Wildman–Crippen MR) is 117 cm³/mol. The maximum atomic E-state index is 13.1. The number of nitrogens with one attached hydrogen (secondary N) is 2. The Bertz CT molecular complexity index is 1000. The van der Waals surface area contributed by atoms with Gasteiger partial charge >= 0.3 is 12.1 Å². The standard InChI is InChI=1S/C24H26F2N2O5/c1-3-24(2,22(31)27-19(21(25)26)12-20(29)30)28-23(32)33-13-18-16-10-6-4-8-14(16)15-9-5-7-11-17(15)18/h4-11,18-19,21H,3,12-13H2,1-2H3,(H,27,31)(H,28,32)(H,29,30). The van der Waals surface area contributed by atoms with E-state index in [2.05, 4.69) is 5.32 Å². The molecule has 2 unspecified atom stereocenters. The molecule has 0 saturated carbocycles. The van der Waals surface area contributed by atoms with Crippen LogP contribution in [0.2, 0.25) is 0 Å². The fourth-order valence-electron chi connectivity index (χ4n) is 3.88. The van der Waals surface area contributed by atoms with Gasteiger partial charge in [0.2, 0.25) is 5.91 Å². The van der Waals surface area contributed by atoms with E-state index in [-0.39, 0.29) is 18.9 Å². The number of halogens is 2. The van der Waals surface area contributed by atoms with E-state index in [4.69, 9.17) is 9.84 Å². The number of alkyl halides is 2. The smallest absolute Gasteiger partial charge is 0.408 e. The van der Waals surface area contributed by atoms with Crippen molar-refractivity contribution in [1.29, 1.82) is 0 Å². The largest absolute Gasteiger partial charge is 0.481 e. The van der Waals surface area contributed by atoms with Crippen LogP contribution in [0.4, 0.5) is 13.6 Å². The number of hydrogen-bond donors (Lipinski definition) is 3. The summed E-state index contributed by atoms with van der Waals surface area (Å²) in [5, 5.41) is 13.3. The minimum absolute atomic E-state index is 0.0277. The molecule has 9 heteroatoms. The number of amides is 2. The van der Waals surface area contributed by atoms with Gasteiger partial charge in [-0.2, -0.15) is 0 Å². The highest BCUT2D eigenvalue weighted by Gasteiger charge is 2.37. The van der Waals surface area contributed by atoms with E-state index >= 15 is 0 Å². The second-order valence-corrected chi connectivity index (χ2v) is 8.15. The van der Waals surface area contributed by atoms with Crippen molar-refractivity contribution in [2.24, 2.45) is 0 Å². The molecule has 7 nitrogen and oxygen atoms in total. The highest BCUT2D eigenvalue weighted by Crippen LogP contribution is 2.44. The molecule has 0 saturated heterocycles. The van der Waals surface area contributed by atoms with Gasteiger partial charge in [-0.15, -0.1) is 0 Å². The molecule has 0 aromatic heterocycles. The van der Waals surface area contributed by atoms with E-state index < -0.39 is 42.4 Å². The quantitative estimate of drug-likeness (QED) is 0.526. The monoisotopic (exact) mass is 460 g/mol. The molecule has 0 fully saturated rings. The summed E-state index contributed by atoms with van der Waals surface area (Å²) >= 11 is 0. The van der Waals surface area contributed by atoms with Crippen molar-refractivity contribution in [2.45, 2.75) is 50.6 Å². The molecule has 0 aliphatic heterocycles. The SMILES string of the molecule is CCC(C)(NC(=O)OCC1c2ccccc2-c2ccccc21)C(=O)NC(CC(=O)O)C(F)F. The summed E-state index contributed by atoms with van der Waals surface area (Å²) in [6.07, 6.45) is -4.80. The molecule has 2 aromatic carbocycles. The first-order chi connectivity index (χ1) is 15.7. The zero-order chi connectivity index (χ0) is 24.2. The van der Waals surface area contributed by atoms with Gasteiger partial charge in [0.1, 0.15) is 18.2 Å². The summed E-state index contributed by atoms with van der Waals surface area (Å²) in [4.78, 5) is 36.0. The summed E-state index contributed by atoms with van der Waals surface area (Å²) in [5.74, 6) is -2.56. The summed E-state index contributed by atoms with van der Waals surface area (Å²) in [6, 6.07) is 13.8. The maximum absolute atomic E-state index is 13.1. The summed E-state index contributed by atoms with van der Waals surface area (Å²) < 4.78 is 31.7. The van der Waals surface area contributed by atoms with Crippen LogP contribution in [0.15, 0.2) is 48.5 Å². The van der Waals surface area contributed by atoms with Crippen LogP contribution in [0.1, 0.15) is 43.7 Å². The van der Waals surface area contributed by atoms with Gasteiger partial charge in [-0.05, 0) is 35.6 Å². The molecule has 3 N–H and O–H groups in total. The molecule has 2 atom stereocenters. The zero-order valence-electron chi connectivity index (χ0n) is 18.3. The van der Waals surface area contributed by atoms with E-state index in [0.717, 1.165) is 22.3 Å². The number of carboxylic acid groups (broad SMARTS) is 1. The van der Waals surface area contributed by atoms with Gasteiger partial charge in [-0.1, -0.05) is 55.5 Å². The van der Waals surface area contributed by atoms with Gasteiger partial charge in [0.15, 0.2) is 0 Å². The molecule has 2 amide bonds. The minimum atomic E-state index is -3.07. The van der Waals surface area contributed by atoms with Crippen LogP contribution in [0.25, 0.3) is 11.1 Å². The molecule has 0 heterocycles. The Labute approximate surface area is 190 Å². The molecule has 1 aliphatic carbocycles. The number of fused-ring (bicyclic) bond motifs is 3. The number of carbonyl (C=O) groups is 3. The van der Waals surface area contributed by atoms with Crippen molar-refractivity contribution < 1.29 is 33.0 Å². The third-order valence-corrected chi connectivity index (χ3v) is 5.95.